The van der Waals surface area contributed by atoms with Crippen LogP contribution in [0.1, 0.15) is 0 Å². The van der Waals surface area contributed by atoms with E-state index < -0.39 is 11.1 Å². The van der Waals surface area contributed by atoms with Crippen molar-refractivity contribution in [3.05, 3.63) is 42.5 Å². The van der Waals surface area contributed by atoms with Gasteiger partial charge in [0.25, 0.3) is 0 Å². The first kappa shape index (κ1) is 9.57. The van der Waals surface area contributed by atoms with Gasteiger partial charge in [-0.15, -0.1) is 0 Å². The largest absolute Gasteiger partial charge is 0.768 e. The van der Waals surface area contributed by atoms with Crippen molar-refractivity contribution in [2.45, 2.75) is 4.90 Å². The molecule has 3 nitrogen and oxygen atoms in total. The van der Waals surface area contributed by atoms with Crippen molar-refractivity contribution in [2.24, 2.45) is 0 Å². The van der Waals surface area contributed by atoms with Gasteiger partial charge in [-0.25, -0.2) is 0 Å². The summed E-state index contributed by atoms with van der Waals surface area (Å²) in [5.74, 6) is 0. The number of aromatic amines is 1. The van der Waals surface area contributed by atoms with E-state index in [1.807, 2.05) is 30.3 Å². The van der Waals surface area contributed by atoms with Crippen LogP contribution in [-0.2, 0) is 11.1 Å². The van der Waals surface area contributed by atoms with Crippen LogP contribution >= 0.6 is 0 Å². The van der Waals surface area contributed by atoms with Crippen LogP contribution in [-0.4, -0.2) is 13.7 Å². The highest BCUT2D eigenvalue weighted by atomic mass is 32.2. The Morgan fingerprint density at radius 1 is 1.00 bits per heavy atom. The van der Waals surface area contributed by atoms with E-state index in [9.17, 15) is 8.76 Å². The molecule has 0 saturated carbocycles. The van der Waals surface area contributed by atoms with E-state index in [4.69, 9.17) is 0 Å². The summed E-state index contributed by atoms with van der Waals surface area (Å²) in [6.45, 7) is 0. The van der Waals surface area contributed by atoms with Crippen molar-refractivity contribution in [1.29, 1.82) is 0 Å². The maximum absolute atomic E-state index is 11.1. The number of hydrogen-bond donors (Lipinski definition) is 1. The van der Waals surface area contributed by atoms with E-state index >= 15 is 0 Å². The van der Waals surface area contributed by atoms with Gasteiger partial charge in [-0.1, -0.05) is 30.3 Å². The van der Waals surface area contributed by atoms with E-state index in [0.29, 0.717) is 10.4 Å². The Bertz CT molecular complexity index is 702. The van der Waals surface area contributed by atoms with Crippen LogP contribution < -0.4 is 0 Å². The number of benzene rings is 2. The van der Waals surface area contributed by atoms with Crippen LogP contribution in [0.4, 0.5) is 0 Å². The lowest BCUT2D eigenvalue weighted by atomic mass is 10.1. The summed E-state index contributed by atoms with van der Waals surface area (Å²) in [4.78, 5) is 3.45. The zero-order valence-corrected chi connectivity index (χ0v) is 9.08. The molecule has 0 radical (unpaired) electrons. The van der Waals surface area contributed by atoms with E-state index in [0.717, 1.165) is 16.3 Å². The molecule has 3 aromatic rings. The van der Waals surface area contributed by atoms with Gasteiger partial charge in [0.1, 0.15) is 0 Å². The van der Waals surface area contributed by atoms with Crippen LogP contribution in [0.3, 0.4) is 0 Å². The summed E-state index contributed by atoms with van der Waals surface area (Å²) < 4.78 is 22.1. The van der Waals surface area contributed by atoms with Crippen molar-refractivity contribution in [2.75, 3.05) is 0 Å². The van der Waals surface area contributed by atoms with Gasteiger partial charge in [-0.05, 0) is 23.2 Å². The van der Waals surface area contributed by atoms with Gasteiger partial charge in [0.15, 0.2) is 0 Å². The third-order valence-corrected chi connectivity index (χ3v) is 3.38. The van der Waals surface area contributed by atoms with Crippen LogP contribution in [0.2, 0.25) is 0 Å². The Labute approximate surface area is 94.4 Å². The Kier molecular flexibility index (Phi) is 2.05. The summed E-state index contributed by atoms with van der Waals surface area (Å²) in [7, 11) is 0. The lowest BCUT2D eigenvalue weighted by molar-refractivity contribution is 0.538. The van der Waals surface area contributed by atoms with Gasteiger partial charge in [-0.2, -0.15) is 0 Å². The SMILES string of the molecule is O=S([O-])c1cccc2c1[nH]c1ccccc12. The second kappa shape index (κ2) is 3.43. The van der Waals surface area contributed by atoms with Crippen molar-refractivity contribution >= 4 is 32.9 Å². The van der Waals surface area contributed by atoms with Crippen LogP contribution in [0.25, 0.3) is 21.8 Å². The first-order valence-corrected chi connectivity index (χ1v) is 5.93. The second-order valence-electron chi connectivity index (χ2n) is 3.58. The molecule has 2 aromatic carbocycles. The first-order chi connectivity index (χ1) is 7.77. The van der Waals surface area contributed by atoms with Gasteiger partial charge in [0, 0.05) is 21.2 Å². The molecule has 80 valence electrons. The predicted octanol–water partition coefficient (Wildman–Crippen LogP) is 2.56. The number of aromatic nitrogens is 1. The minimum absolute atomic E-state index is 0.314. The van der Waals surface area contributed by atoms with Gasteiger partial charge < -0.3 is 9.54 Å². The number of fused-ring (bicyclic) bond motifs is 3. The average molecular weight is 230 g/mol. The predicted molar refractivity (Wildman–Crippen MR) is 63.0 cm³/mol. The minimum Gasteiger partial charge on any atom is -0.768 e. The Morgan fingerprint density at radius 2 is 1.75 bits per heavy atom. The van der Waals surface area contributed by atoms with Gasteiger partial charge >= 0.3 is 0 Å². The monoisotopic (exact) mass is 230 g/mol. The molecule has 3 rings (SSSR count). The molecule has 0 amide bonds. The summed E-state index contributed by atoms with van der Waals surface area (Å²) in [5.41, 5.74) is 1.63. The Hall–Kier alpha value is -1.65. The first-order valence-electron chi connectivity index (χ1n) is 4.86. The molecule has 0 fully saturated rings. The van der Waals surface area contributed by atoms with E-state index in [1.54, 1.807) is 12.1 Å². The second-order valence-corrected chi connectivity index (χ2v) is 4.49. The fourth-order valence-corrected chi connectivity index (χ4v) is 2.50. The van der Waals surface area contributed by atoms with Crippen molar-refractivity contribution < 1.29 is 8.76 Å². The Morgan fingerprint density at radius 3 is 2.56 bits per heavy atom. The average Bonchev–Trinajstić information content (AvgIpc) is 2.67. The van der Waals surface area contributed by atoms with Crippen LogP contribution in [0.15, 0.2) is 47.4 Å². The quantitative estimate of drug-likeness (QED) is 0.653. The third kappa shape index (κ3) is 1.27. The standard InChI is InChI=1S/C12H9NO2S/c14-16(15)11-7-3-5-9-8-4-1-2-6-10(8)13-12(9)11/h1-7,13H,(H,14,15)/p-1. The third-order valence-electron chi connectivity index (χ3n) is 2.68. The number of H-pyrrole nitrogens is 1. The number of hydrogen-bond acceptors (Lipinski definition) is 2. The molecule has 1 unspecified atom stereocenters. The summed E-state index contributed by atoms with van der Waals surface area (Å²) in [6, 6.07) is 13.1. The molecule has 16 heavy (non-hydrogen) atoms. The fraction of sp³-hybridized carbons (Fsp3) is 0. The van der Waals surface area contributed by atoms with Crippen molar-refractivity contribution in [3.8, 4) is 0 Å². The molecular weight excluding hydrogens is 222 g/mol. The fourth-order valence-electron chi connectivity index (χ4n) is 1.99. The van der Waals surface area contributed by atoms with E-state index in [-0.39, 0.29) is 0 Å². The topological polar surface area (TPSA) is 55.9 Å². The summed E-state index contributed by atoms with van der Waals surface area (Å²) >= 11 is -2.21. The molecule has 0 spiro atoms. The van der Waals surface area contributed by atoms with Crippen LogP contribution in [0.5, 0.6) is 0 Å². The summed E-state index contributed by atoms with van der Waals surface area (Å²) in [6.07, 6.45) is 0. The zero-order chi connectivity index (χ0) is 11.1. The molecular formula is C12H8NO2S-. The van der Waals surface area contributed by atoms with Crippen LogP contribution in [0, 0.1) is 0 Å². The molecule has 0 aliphatic carbocycles. The molecule has 1 heterocycles. The maximum Gasteiger partial charge on any atom is 0.0617 e. The molecule has 1 atom stereocenters. The zero-order valence-electron chi connectivity index (χ0n) is 8.27. The lowest BCUT2D eigenvalue weighted by Gasteiger charge is -2.05. The molecule has 0 aliphatic rings. The van der Waals surface area contributed by atoms with Gasteiger partial charge in [-0.3, -0.25) is 4.21 Å². The molecule has 0 saturated heterocycles. The smallest absolute Gasteiger partial charge is 0.0617 e. The lowest BCUT2D eigenvalue weighted by Crippen LogP contribution is -1.89. The molecule has 0 aliphatic heterocycles. The normalized spacial score (nSPS) is 13.3. The molecule has 0 bridgehead atoms. The number of para-hydroxylation sites is 2. The highest BCUT2D eigenvalue weighted by Crippen LogP contribution is 2.28. The molecule has 1 aromatic heterocycles. The maximum atomic E-state index is 11.1. The Balaban J connectivity index is 2.54. The number of rotatable bonds is 1. The highest BCUT2D eigenvalue weighted by Gasteiger charge is 2.07. The van der Waals surface area contributed by atoms with E-state index in [2.05, 4.69) is 4.98 Å². The molecule has 1 N–H and O–H groups in total. The van der Waals surface area contributed by atoms with Crippen molar-refractivity contribution in [3.63, 3.8) is 0 Å². The van der Waals surface area contributed by atoms with Gasteiger partial charge in [0.05, 0.1) is 5.52 Å². The highest BCUT2D eigenvalue weighted by molar-refractivity contribution is 7.79. The van der Waals surface area contributed by atoms with Crippen molar-refractivity contribution in [1.82, 2.24) is 4.98 Å². The van der Waals surface area contributed by atoms with E-state index in [1.165, 1.54) is 0 Å². The van der Waals surface area contributed by atoms with Gasteiger partial charge in [0.2, 0.25) is 0 Å². The minimum atomic E-state index is -2.21. The number of nitrogens with one attached hydrogen (secondary N) is 1. The summed E-state index contributed by atoms with van der Waals surface area (Å²) in [5, 5.41) is 1.99. The molecule has 4 heteroatoms.